The lowest BCUT2D eigenvalue weighted by Crippen LogP contribution is -2.03. The topological polar surface area (TPSA) is 9.23 Å². The van der Waals surface area contributed by atoms with Crippen molar-refractivity contribution in [3.8, 4) is 5.75 Å². The van der Waals surface area contributed by atoms with Crippen molar-refractivity contribution in [2.75, 3.05) is 6.61 Å². The van der Waals surface area contributed by atoms with E-state index in [-0.39, 0.29) is 0 Å². The number of rotatable bonds is 3. The van der Waals surface area contributed by atoms with E-state index in [0.717, 1.165) is 18.8 Å². The second-order valence-corrected chi connectivity index (χ2v) is 2.66. The maximum atomic E-state index is 5.44. The summed E-state index contributed by atoms with van der Waals surface area (Å²) in [4.78, 5) is 0. The van der Waals surface area contributed by atoms with Crippen LogP contribution in [-0.4, -0.2) is 14.5 Å². The lowest BCUT2D eigenvalue weighted by Gasteiger charge is -2.03. The van der Waals surface area contributed by atoms with Gasteiger partial charge in [-0.3, -0.25) is 0 Å². The molecule has 1 nitrogen and oxygen atoms in total. The minimum Gasteiger partial charge on any atom is -0.494 e. The van der Waals surface area contributed by atoms with Gasteiger partial charge < -0.3 is 4.74 Å². The van der Waals surface area contributed by atoms with Gasteiger partial charge in [-0.25, -0.2) is 0 Å². The highest BCUT2D eigenvalue weighted by Gasteiger charge is 1.90. The van der Waals surface area contributed by atoms with Gasteiger partial charge >= 0.3 is 0 Å². The average Bonchev–Trinajstić information content (AvgIpc) is 2.01. The monoisotopic (exact) mass is 148 g/mol. The van der Waals surface area contributed by atoms with Gasteiger partial charge in [-0.05, 0) is 18.6 Å². The summed E-state index contributed by atoms with van der Waals surface area (Å²) in [5.41, 5.74) is 1.25. The molecule has 0 aliphatic rings. The lowest BCUT2D eigenvalue weighted by molar-refractivity contribution is 0.317. The van der Waals surface area contributed by atoms with E-state index < -0.39 is 0 Å². The zero-order valence-corrected chi connectivity index (χ0v) is 7.13. The zero-order valence-electron chi connectivity index (χ0n) is 7.13. The smallest absolute Gasteiger partial charge is 0.139 e. The van der Waals surface area contributed by atoms with Crippen LogP contribution in [0.1, 0.15) is 13.3 Å². The van der Waals surface area contributed by atoms with Crippen molar-refractivity contribution < 1.29 is 4.74 Å². The first-order chi connectivity index (χ1) is 5.33. The molecule has 11 heavy (non-hydrogen) atoms. The number of hydrogen-bond donors (Lipinski definition) is 0. The van der Waals surface area contributed by atoms with Crippen LogP contribution in [-0.2, 0) is 0 Å². The maximum absolute atomic E-state index is 5.44. The molecule has 1 aromatic rings. The van der Waals surface area contributed by atoms with Crippen LogP contribution in [0.4, 0.5) is 0 Å². The van der Waals surface area contributed by atoms with E-state index in [2.05, 4.69) is 26.9 Å². The molecule has 0 atom stereocenters. The number of ether oxygens (including phenoxy) is 1. The van der Waals surface area contributed by atoms with Crippen LogP contribution in [0.5, 0.6) is 5.75 Å². The Kier molecular flexibility index (Phi) is 3.03. The van der Waals surface area contributed by atoms with Crippen LogP contribution in [0, 0.1) is 0 Å². The predicted molar refractivity (Wildman–Crippen MR) is 50.4 cm³/mol. The van der Waals surface area contributed by atoms with E-state index in [4.69, 9.17) is 4.74 Å². The molecule has 58 valence electrons. The van der Waals surface area contributed by atoms with E-state index in [1.807, 2.05) is 12.1 Å². The third kappa shape index (κ3) is 2.66. The molecule has 0 saturated heterocycles. The Balaban J connectivity index is 2.56. The van der Waals surface area contributed by atoms with E-state index in [0.29, 0.717) is 0 Å². The standard InChI is InChI=1S/C9H13BO/c1-2-6-11-9-5-3-4-8(10)7-9/h3-5,7H,2,6,10H2,1H3. The minimum atomic E-state index is 0.809. The Morgan fingerprint density at radius 2 is 2.27 bits per heavy atom. The van der Waals surface area contributed by atoms with Crippen molar-refractivity contribution in [1.82, 2.24) is 0 Å². The molecule has 0 amide bonds. The Morgan fingerprint density at radius 3 is 2.91 bits per heavy atom. The van der Waals surface area contributed by atoms with E-state index in [1.54, 1.807) is 0 Å². The quantitative estimate of drug-likeness (QED) is 0.574. The largest absolute Gasteiger partial charge is 0.494 e. The van der Waals surface area contributed by atoms with Crippen LogP contribution < -0.4 is 10.2 Å². The van der Waals surface area contributed by atoms with E-state index in [1.165, 1.54) is 5.46 Å². The first-order valence-electron chi connectivity index (χ1n) is 4.02. The summed E-state index contributed by atoms with van der Waals surface area (Å²) in [6.45, 7) is 2.92. The molecule has 0 fully saturated rings. The fraction of sp³-hybridized carbons (Fsp3) is 0.333. The molecule has 0 aliphatic carbocycles. The highest BCUT2D eigenvalue weighted by Crippen LogP contribution is 2.06. The first-order valence-corrected chi connectivity index (χ1v) is 4.02. The molecule has 0 aromatic heterocycles. The van der Waals surface area contributed by atoms with E-state index in [9.17, 15) is 0 Å². The highest BCUT2D eigenvalue weighted by atomic mass is 16.5. The predicted octanol–water partition coefficient (Wildman–Crippen LogP) is 0.734. The Bertz CT molecular complexity index is 223. The summed E-state index contributed by atoms with van der Waals surface area (Å²) in [5, 5.41) is 0. The molecule has 0 aliphatic heterocycles. The molecule has 0 heterocycles. The van der Waals surface area contributed by atoms with Gasteiger partial charge in [0.05, 0.1) is 6.61 Å². The van der Waals surface area contributed by atoms with Gasteiger partial charge in [0, 0.05) is 0 Å². The van der Waals surface area contributed by atoms with Crippen molar-refractivity contribution in [2.45, 2.75) is 13.3 Å². The van der Waals surface area contributed by atoms with Crippen molar-refractivity contribution in [2.24, 2.45) is 0 Å². The second-order valence-electron chi connectivity index (χ2n) is 2.66. The van der Waals surface area contributed by atoms with Crippen molar-refractivity contribution in [3.05, 3.63) is 24.3 Å². The van der Waals surface area contributed by atoms with Crippen LogP contribution in [0.2, 0.25) is 0 Å². The molecule has 1 rings (SSSR count). The minimum absolute atomic E-state index is 0.809. The first kappa shape index (κ1) is 8.18. The fourth-order valence-corrected chi connectivity index (χ4v) is 0.925. The third-order valence-electron chi connectivity index (χ3n) is 1.46. The van der Waals surface area contributed by atoms with Crippen LogP contribution in [0.15, 0.2) is 24.3 Å². The van der Waals surface area contributed by atoms with Gasteiger partial charge in [0.15, 0.2) is 0 Å². The molecule has 0 bridgehead atoms. The van der Waals surface area contributed by atoms with E-state index >= 15 is 0 Å². The number of hydrogen-bond acceptors (Lipinski definition) is 1. The summed E-state index contributed by atoms with van der Waals surface area (Å²) in [5.74, 6) is 0.979. The third-order valence-corrected chi connectivity index (χ3v) is 1.46. The highest BCUT2D eigenvalue weighted by molar-refractivity contribution is 6.32. The molecular weight excluding hydrogens is 135 g/mol. The summed E-state index contributed by atoms with van der Waals surface area (Å²) >= 11 is 0. The molecule has 0 spiro atoms. The van der Waals surface area contributed by atoms with Gasteiger partial charge in [0.2, 0.25) is 0 Å². The van der Waals surface area contributed by atoms with Crippen molar-refractivity contribution in [1.29, 1.82) is 0 Å². The molecule has 1 aromatic carbocycles. The Hall–Kier alpha value is -0.915. The van der Waals surface area contributed by atoms with Crippen molar-refractivity contribution >= 4 is 13.3 Å². The SMILES string of the molecule is Bc1cccc(OCCC)c1. The lowest BCUT2D eigenvalue weighted by atomic mass is 9.96. The Labute approximate surface area is 68.8 Å². The summed E-state index contributed by atoms with van der Waals surface area (Å²) in [7, 11) is 2.07. The number of benzene rings is 1. The summed E-state index contributed by atoms with van der Waals surface area (Å²) < 4.78 is 5.44. The molecule has 0 radical (unpaired) electrons. The van der Waals surface area contributed by atoms with Crippen LogP contribution in [0.25, 0.3) is 0 Å². The second kappa shape index (κ2) is 4.07. The van der Waals surface area contributed by atoms with Crippen LogP contribution in [0.3, 0.4) is 0 Å². The van der Waals surface area contributed by atoms with Gasteiger partial charge in [0.25, 0.3) is 0 Å². The van der Waals surface area contributed by atoms with Gasteiger partial charge in [0.1, 0.15) is 13.6 Å². The molecule has 0 unspecified atom stereocenters. The van der Waals surface area contributed by atoms with Crippen molar-refractivity contribution in [3.63, 3.8) is 0 Å². The van der Waals surface area contributed by atoms with Crippen LogP contribution >= 0.6 is 0 Å². The maximum Gasteiger partial charge on any atom is 0.139 e. The molecular formula is C9H13BO. The van der Waals surface area contributed by atoms with Gasteiger partial charge in [-0.1, -0.05) is 24.5 Å². The molecule has 0 saturated carbocycles. The normalized spacial score (nSPS) is 9.55. The van der Waals surface area contributed by atoms with Gasteiger partial charge in [-0.15, -0.1) is 0 Å². The molecule has 0 N–H and O–H groups in total. The average molecular weight is 148 g/mol. The summed E-state index contributed by atoms with van der Waals surface area (Å²) in [6.07, 6.45) is 1.06. The Morgan fingerprint density at radius 1 is 1.45 bits per heavy atom. The zero-order chi connectivity index (χ0) is 8.10. The van der Waals surface area contributed by atoms with Gasteiger partial charge in [-0.2, -0.15) is 0 Å². The fourth-order valence-electron chi connectivity index (χ4n) is 0.925. The molecule has 2 heteroatoms. The summed E-state index contributed by atoms with van der Waals surface area (Å²) in [6, 6.07) is 8.12.